The molecule has 0 aliphatic carbocycles. The highest BCUT2D eigenvalue weighted by Crippen LogP contribution is 2.21. The molecule has 3 heteroatoms. The van der Waals surface area contributed by atoms with Crippen molar-refractivity contribution in [2.45, 2.75) is 39.7 Å². The van der Waals surface area contributed by atoms with Crippen LogP contribution in [-0.2, 0) is 6.54 Å². The third kappa shape index (κ3) is 3.86. The predicted molar refractivity (Wildman–Crippen MR) is 85.3 cm³/mol. The van der Waals surface area contributed by atoms with E-state index in [4.69, 9.17) is 0 Å². The first-order chi connectivity index (χ1) is 9.68. The van der Waals surface area contributed by atoms with Crippen molar-refractivity contribution in [1.82, 2.24) is 9.78 Å². The maximum absolute atomic E-state index is 4.22. The van der Waals surface area contributed by atoms with Gasteiger partial charge in [0.15, 0.2) is 0 Å². The van der Waals surface area contributed by atoms with Crippen molar-refractivity contribution < 1.29 is 0 Å². The lowest BCUT2D eigenvalue weighted by Crippen LogP contribution is -2.19. The highest BCUT2D eigenvalue weighted by molar-refractivity contribution is 5.55. The summed E-state index contributed by atoms with van der Waals surface area (Å²) in [7, 11) is 2.19. The molecule has 0 aliphatic heterocycles. The quantitative estimate of drug-likeness (QED) is 0.714. The number of nitrogens with zero attached hydrogens (tertiary/aromatic N) is 3. The van der Waals surface area contributed by atoms with Crippen molar-refractivity contribution in [2.24, 2.45) is 0 Å². The zero-order valence-corrected chi connectivity index (χ0v) is 12.8. The van der Waals surface area contributed by atoms with Crippen molar-refractivity contribution in [3.05, 3.63) is 47.8 Å². The molecular formula is C17H25N3. The Kier molecular flexibility index (Phi) is 5.22. The fraction of sp³-hybridized carbons (Fsp3) is 0.471. The molecule has 2 aromatic rings. The molecule has 0 amide bonds. The van der Waals surface area contributed by atoms with E-state index in [0.29, 0.717) is 0 Å². The van der Waals surface area contributed by atoms with Gasteiger partial charge >= 0.3 is 0 Å². The molecule has 0 saturated heterocycles. The van der Waals surface area contributed by atoms with Crippen LogP contribution in [0.5, 0.6) is 0 Å². The molecule has 20 heavy (non-hydrogen) atoms. The summed E-state index contributed by atoms with van der Waals surface area (Å²) in [5.74, 6) is 0. The summed E-state index contributed by atoms with van der Waals surface area (Å²) in [6, 6.07) is 8.52. The molecule has 0 saturated carbocycles. The Morgan fingerprint density at radius 2 is 1.95 bits per heavy atom. The number of aryl methyl sites for hydroxylation is 2. The Morgan fingerprint density at radius 3 is 2.70 bits per heavy atom. The number of anilines is 1. The van der Waals surface area contributed by atoms with Gasteiger partial charge in [-0.25, -0.2) is 0 Å². The summed E-state index contributed by atoms with van der Waals surface area (Å²) in [4.78, 5) is 2.37. The smallest absolute Gasteiger partial charge is 0.0489 e. The van der Waals surface area contributed by atoms with Crippen molar-refractivity contribution in [3.8, 4) is 0 Å². The van der Waals surface area contributed by atoms with Gasteiger partial charge in [-0.2, -0.15) is 5.10 Å². The van der Waals surface area contributed by atoms with Crippen LogP contribution in [0.1, 0.15) is 30.4 Å². The molecule has 108 valence electrons. The second-order valence-electron chi connectivity index (χ2n) is 5.47. The van der Waals surface area contributed by atoms with Crippen LogP contribution < -0.4 is 4.90 Å². The Morgan fingerprint density at radius 1 is 1.10 bits per heavy atom. The van der Waals surface area contributed by atoms with Crippen LogP contribution >= 0.6 is 0 Å². The Labute approximate surface area is 122 Å². The molecule has 0 atom stereocenters. The molecule has 0 radical (unpaired) electrons. The lowest BCUT2D eigenvalue weighted by Gasteiger charge is -2.22. The van der Waals surface area contributed by atoms with Gasteiger partial charge in [-0.05, 0) is 56.4 Å². The van der Waals surface area contributed by atoms with Crippen molar-refractivity contribution in [3.63, 3.8) is 0 Å². The van der Waals surface area contributed by atoms with Gasteiger partial charge in [-0.15, -0.1) is 0 Å². The maximum atomic E-state index is 4.22. The van der Waals surface area contributed by atoms with Crippen LogP contribution in [-0.4, -0.2) is 23.4 Å². The topological polar surface area (TPSA) is 21.1 Å². The minimum atomic E-state index is 1.03. The van der Waals surface area contributed by atoms with Gasteiger partial charge < -0.3 is 4.90 Å². The van der Waals surface area contributed by atoms with Gasteiger partial charge in [0.2, 0.25) is 0 Å². The molecule has 0 unspecified atom stereocenters. The highest BCUT2D eigenvalue weighted by atomic mass is 15.3. The summed E-state index contributed by atoms with van der Waals surface area (Å²) in [6.45, 7) is 6.53. The molecule has 0 spiro atoms. The number of aromatic nitrogens is 2. The van der Waals surface area contributed by atoms with Crippen LogP contribution in [0.2, 0.25) is 0 Å². The van der Waals surface area contributed by atoms with E-state index >= 15 is 0 Å². The fourth-order valence-corrected chi connectivity index (χ4v) is 2.50. The second-order valence-corrected chi connectivity index (χ2v) is 5.47. The van der Waals surface area contributed by atoms with E-state index in [9.17, 15) is 0 Å². The third-order valence-electron chi connectivity index (χ3n) is 3.93. The zero-order valence-electron chi connectivity index (χ0n) is 12.8. The molecule has 2 rings (SSSR count). The number of rotatable bonds is 7. The zero-order chi connectivity index (χ0) is 14.4. The van der Waals surface area contributed by atoms with E-state index in [2.05, 4.69) is 49.1 Å². The molecule has 0 aliphatic rings. The van der Waals surface area contributed by atoms with E-state index < -0.39 is 0 Å². The standard InChI is InChI=1S/C17H25N3/c1-15-9-7-10-17(16(15)2)19(3)12-5-4-6-13-20-14-8-11-18-20/h7-11,14H,4-6,12-13H2,1-3H3. The monoisotopic (exact) mass is 271 g/mol. The number of hydrogen-bond acceptors (Lipinski definition) is 2. The van der Waals surface area contributed by atoms with Crippen molar-refractivity contribution in [1.29, 1.82) is 0 Å². The Hall–Kier alpha value is -1.77. The average molecular weight is 271 g/mol. The van der Waals surface area contributed by atoms with Crippen LogP contribution in [0.25, 0.3) is 0 Å². The summed E-state index contributed by atoms with van der Waals surface area (Å²) in [5, 5.41) is 4.22. The first kappa shape index (κ1) is 14.6. The van der Waals surface area contributed by atoms with Gasteiger partial charge in [-0.1, -0.05) is 12.1 Å². The fourth-order valence-electron chi connectivity index (χ4n) is 2.50. The number of unbranched alkanes of at least 4 members (excludes halogenated alkanes) is 2. The lowest BCUT2D eigenvalue weighted by atomic mass is 10.1. The van der Waals surface area contributed by atoms with E-state index in [1.807, 2.05) is 23.1 Å². The molecule has 1 aromatic heterocycles. The number of hydrogen-bond donors (Lipinski definition) is 0. The largest absolute Gasteiger partial charge is 0.374 e. The van der Waals surface area contributed by atoms with E-state index in [-0.39, 0.29) is 0 Å². The van der Waals surface area contributed by atoms with Crippen LogP contribution in [0.3, 0.4) is 0 Å². The summed E-state index contributed by atoms with van der Waals surface area (Å²) >= 11 is 0. The highest BCUT2D eigenvalue weighted by Gasteiger charge is 2.05. The molecule has 1 heterocycles. The van der Waals surface area contributed by atoms with Crippen LogP contribution in [0.15, 0.2) is 36.7 Å². The SMILES string of the molecule is Cc1cccc(N(C)CCCCCn2cccn2)c1C. The molecule has 0 fully saturated rings. The van der Waals surface area contributed by atoms with Crippen molar-refractivity contribution >= 4 is 5.69 Å². The van der Waals surface area contributed by atoms with E-state index in [1.165, 1.54) is 36.1 Å². The first-order valence-corrected chi connectivity index (χ1v) is 7.43. The third-order valence-corrected chi connectivity index (χ3v) is 3.93. The normalized spacial score (nSPS) is 10.8. The second kappa shape index (κ2) is 7.13. The summed E-state index contributed by atoms with van der Waals surface area (Å²) in [5.41, 5.74) is 4.12. The van der Waals surface area contributed by atoms with E-state index in [0.717, 1.165) is 13.1 Å². The molecule has 0 N–H and O–H groups in total. The maximum Gasteiger partial charge on any atom is 0.0489 e. The minimum Gasteiger partial charge on any atom is -0.374 e. The molecule has 1 aromatic carbocycles. The van der Waals surface area contributed by atoms with Crippen LogP contribution in [0.4, 0.5) is 5.69 Å². The van der Waals surface area contributed by atoms with E-state index in [1.54, 1.807) is 0 Å². The van der Waals surface area contributed by atoms with Gasteiger partial charge in [0.1, 0.15) is 0 Å². The Bertz CT molecular complexity index is 517. The van der Waals surface area contributed by atoms with Gasteiger partial charge in [-0.3, -0.25) is 4.68 Å². The van der Waals surface area contributed by atoms with Gasteiger partial charge in [0.25, 0.3) is 0 Å². The summed E-state index contributed by atoms with van der Waals surface area (Å²) in [6.07, 6.45) is 7.54. The molecular weight excluding hydrogens is 246 g/mol. The molecule has 0 bridgehead atoms. The summed E-state index contributed by atoms with van der Waals surface area (Å²) < 4.78 is 2.01. The lowest BCUT2D eigenvalue weighted by molar-refractivity contribution is 0.544. The minimum absolute atomic E-state index is 1.03. The number of benzene rings is 1. The van der Waals surface area contributed by atoms with Crippen LogP contribution in [0, 0.1) is 13.8 Å². The van der Waals surface area contributed by atoms with Gasteiger partial charge in [0.05, 0.1) is 0 Å². The Balaban J connectivity index is 1.72. The van der Waals surface area contributed by atoms with Gasteiger partial charge in [0, 0.05) is 38.2 Å². The molecule has 3 nitrogen and oxygen atoms in total. The first-order valence-electron chi connectivity index (χ1n) is 7.43. The average Bonchev–Trinajstić information content (AvgIpc) is 2.94. The van der Waals surface area contributed by atoms with Crippen molar-refractivity contribution in [2.75, 3.05) is 18.5 Å². The predicted octanol–water partition coefficient (Wildman–Crippen LogP) is 3.81.